The maximum atomic E-state index is 12.1. The molecule has 0 fully saturated rings. The number of nitrogens with one attached hydrogen (secondary N) is 1. The van der Waals surface area contributed by atoms with Crippen LogP contribution in [-0.4, -0.2) is 22.9 Å². The van der Waals surface area contributed by atoms with Crippen molar-refractivity contribution in [2.45, 2.75) is 0 Å². The molecule has 0 saturated heterocycles. The quantitative estimate of drug-likeness (QED) is 0.388. The zero-order chi connectivity index (χ0) is 19.2. The second kappa shape index (κ2) is 8.24. The Morgan fingerprint density at radius 1 is 1.22 bits per heavy atom. The average Bonchev–Trinajstić information content (AvgIpc) is 3.14. The van der Waals surface area contributed by atoms with Gasteiger partial charge in [0.05, 0.1) is 17.7 Å². The second-order valence-electron chi connectivity index (χ2n) is 5.41. The van der Waals surface area contributed by atoms with Crippen LogP contribution in [0.5, 0.6) is 5.75 Å². The van der Waals surface area contributed by atoms with Crippen molar-refractivity contribution in [3.8, 4) is 17.0 Å². The van der Waals surface area contributed by atoms with Gasteiger partial charge < -0.3 is 4.74 Å². The lowest BCUT2D eigenvalue weighted by atomic mass is 10.1. The van der Waals surface area contributed by atoms with E-state index in [0.717, 1.165) is 5.56 Å². The van der Waals surface area contributed by atoms with Crippen LogP contribution in [0, 0.1) is 10.1 Å². The molecule has 0 aliphatic rings. The second-order valence-corrected chi connectivity index (χ2v) is 6.27. The number of methoxy groups -OCH3 is 1. The third-order valence-corrected chi connectivity index (χ3v) is 4.41. The Hall–Kier alpha value is -3.52. The Kier molecular flexibility index (Phi) is 5.58. The van der Waals surface area contributed by atoms with Crippen molar-refractivity contribution < 1.29 is 14.5 Å². The largest absolute Gasteiger partial charge is 0.496 e. The summed E-state index contributed by atoms with van der Waals surface area (Å²) >= 11 is 1.31. The lowest BCUT2D eigenvalue weighted by Crippen LogP contribution is -2.07. The van der Waals surface area contributed by atoms with Gasteiger partial charge >= 0.3 is 0 Å². The SMILES string of the molecule is COc1ccccc1-c1csc(NC(=O)C=Cc2ccc([N+](=O)[O-])cc2)n1. The van der Waals surface area contributed by atoms with Crippen LogP contribution in [0.25, 0.3) is 17.3 Å². The molecule has 0 saturated carbocycles. The van der Waals surface area contributed by atoms with Crippen LogP contribution in [0.1, 0.15) is 5.56 Å². The first-order chi connectivity index (χ1) is 13.1. The topological polar surface area (TPSA) is 94.4 Å². The summed E-state index contributed by atoms with van der Waals surface area (Å²) in [4.78, 5) is 26.6. The van der Waals surface area contributed by atoms with Crippen molar-refractivity contribution in [3.63, 3.8) is 0 Å². The van der Waals surface area contributed by atoms with E-state index < -0.39 is 4.92 Å². The maximum absolute atomic E-state index is 12.1. The zero-order valence-corrected chi connectivity index (χ0v) is 15.1. The van der Waals surface area contributed by atoms with Crippen LogP contribution in [0.15, 0.2) is 60.0 Å². The normalized spacial score (nSPS) is 10.7. The van der Waals surface area contributed by atoms with E-state index in [2.05, 4.69) is 10.3 Å². The predicted octanol–water partition coefficient (Wildman–Crippen LogP) is 4.38. The molecular formula is C19H15N3O4S. The Balaban J connectivity index is 1.66. The Labute approximate surface area is 159 Å². The van der Waals surface area contributed by atoms with Crippen molar-refractivity contribution in [1.82, 2.24) is 4.98 Å². The van der Waals surface area contributed by atoms with Crippen molar-refractivity contribution in [3.05, 3.63) is 75.7 Å². The molecule has 0 aliphatic heterocycles. The van der Waals surface area contributed by atoms with Gasteiger partial charge in [-0.25, -0.2) is 4.98 Å². The van der Waals surface area contributed by atoms with Crippen LogP contribution < -0.4 is 10.1 Å². The van der Waals surface area contributed by atoms with E-state index in [1.807, 2.05) is 29.6 Å². The molecule has 0 spiro atoms. The molecule has 1 aromatic heterocycles. The molecule has 0 bridgehead atoms. The number of ether oxygens (including phenoxy) is 1. The number of aromatic nitrogens is 1. The van der Waals surface area contributed by atoms with Gasteiger partial charge in [-0.3, -0.25) is 20.2 Å². The molecule has 0 atom stereocenters. The lowest BCUT2D eigenvalue weighted by molar-refractivity contribution is -0.384. The van der Waals surface area contributed by atoms with Gasteiger partial charge in [0.25, 0.3) is 5.69 Å². The van der Waals surface area contributed by atoms with E-state index >= 15 is 0 Å². The van der Waals surface area contributed by atoms with Gasteiger partial charge in [0.15, 0.2) is 5.13 Å². The third-order valence-electron chi connectivity index (χ3n) is 3.65. The molecule has 3 aromatic rings. The van der Waals surface area contributed by atoms with Gasteiger partial charge in [0.2, 0.25) is 5.91 Å². The van der Waals surface area contributed by atoms with E-state index in [0.29, 0.717) is 22.1 Å². The summed E-state index contributed by atoms with van der Waals surface area (Å²) < 4.78 is 5.32. The van der Waals surface area contributed by atoms with Crippen LogP contribution in [-0.2, 0) is 4.79 Å². The van der Waals surface area contributed by atoms with E-state index in [9.17, 15) is 14.9 Å². The molecule has 1 heterocycles. The molecular weight excluding hydrogens is 366 g/mol. The lowest BCUT2D eigenvalue weighted by Gasteiger charge is -2.04. The number of amides is 1. The molecule has 1 amide bonds. The molecule has 3 rings (SSSR count). The number of nitro benzene ring substituents is 1. The number of carbonyl (C=O) groups is 1. The van der Waals surface area contributed by atoms with Crippen LogP contribution >= 0.6 is 11.3 Å². The number of anilines is 1. The first-order valence-electron chi connectivity index (χ1n) is 7.89. The zero-order valence-electron chi connectivity index (χ0n) is 14.3. The molecule has 7 nitrogen and oxygen atoms in total. The average molecular weight is 381 g/mol. The van der Waals surface area contributed by atoms with E-state index in [4.69, 9.17) is 4.74 Å². The van der Waals surface area contributed by atoms with Gasteiger partial charge in [0, 0.05) is 29.2 Å². The highest BCUT2D eigenvalue weighted by atomic mass is 32.1. The van der Waals surface area contributed by atoms with Crippen molar-refractivity contribution in [2.75, 3.05) is 12.4 Å². The number of rotatable bonds is 6. The van der Waals surface area contributed by atoms with Crippen molar-refractivity contribution >= 4 is 34.1 Å². The van der Waals surface area contributed by atoms with Crippen LogP contribution in [0.3, 0.4) is 0 Å². The fourth-order valence-electron chi connectivity index (χ4n) is 2.34. The summed E-state index contributed by atoms with van der Waals surface area (Å²) in [6.07, 6.45) is 2.93. The minimum absolute atomic E-state index is 0.00302. The maximum Gasteiger partial charge on any atom is 0.269 e. The van der Waals surface area contributed by atoms with Crippen LogP contribution in [0.4, 0.5) is 10.8 Å². The summed E-state index contributed by atoms with van der Waals surface area (Å²) in [6.45, 7) is 0. The van der Waals surface area contributed by atoms with E-state index in [-0.39, 0.29) is 11.6 Å². The summed E-state index contributed by atoms with van der Waals surface area (Å²) in [5, 5.41) is 15.6. The first kappa shape index (κ1) is 18.3. The Morgan fingerprint density at radius 2 is 1.96 bits per heavy atom. The number of non-ortho nitro benzene ring substituents is 1. The number of carbonyl (C=O) groups excluding carboxylic acids is 1. The number of hydrogen-bond acceptors (Lipinski definition) is 6. The highest BCUT2D eigenvalue weighted by molar-refractivity contribution is 7.14. The van der Waals surface area contributed by atoms with Crippen molar-refractivity contribution in [2.24, 2.45) is 0 Å². The molecule has 0 aliphatic carbocycles. The minimum atomic E-state index is -0.470. The van der Waals surface area contributed by atoms with E-state index in [1.54, 1.807) is 25.3 Å². The Bertz CT molecular complexity index is 996. The summed E-state index contributed by atoms with van der Waals surface area (Å²) in [7, 11) is 1.59. The first-order valence-corrected chi connectivity index (χ1v) is 8.77. The van der Waals surface area contributed by atoms with Gasteiger partial charge in [0.1, 0.15) is 5.75 Å². The van der Waals surface area contributed by atoms with E-state index in [1.165, 1.54) is 29.5 Å². The molecule has 136 valence electrons. The van der Waals surface area contributed by atoms with Gasteiger partial charge in [-0.2, -0.15) is 0 Å². The highest BCUT2D eigenvalue weighted by Crippen LogP contribution is 2.31. The monoisotopic (exact) mass is 381 g/mol. The molecule has 2 aromatic carbocycles. The molecule has 0 radical (unpaired) electrons. The molecule has 0 unspecified atom stereocenters. The van der Waals surface area contributed by atoms with Crippen molar-refractivity contribution in [1.29, 1.82) is 0 Å². The molecule has 8 heteroatoms. The van der Waals surface area contributed by atoms with Gasteiger partial charge in [-0.1, -0.05) is 12.1 Å². The standard InChI is InChI=1S/C19H15N3O4S/c1-26-17-5-3-2-4-15(17)16-12-27-19(20-16)21-18(23)11-8-13-6-9-14(10-7-13)22(24)25/h2-12H,1H3,(H,20,21,23). The Morgan fingerprint density at radius 3 is 2.67 bits per heavy atom. The number of hydrogen-bond donors (Lipinski definition) is 1. The smallest absolute Gasteiger partial charge is 0.269 e. The summed E-state index contributed by atoms with van der Waals surface area (Å²) in [6, 6.07) is 13.4. The third kappa shape index (κ3) is 4.56. The predicted molar refractivity (Wildman–Crippen MR) is 105 cm³/mol. The van der Waals surface area contributed by atoms with Gasteiger partial charge in [-0.05, 0) is 35.9 Å². The fourth-order valence-corrected chi connectivity index (χ4v) is 3.05. The number of nitrogens with zero attached hydrogens (tertiary/aromatic N) is 2. The number of thiazole rings is 1. The fraction of sp³-hybridized carbons (Fsp3) is 0.0526. The highest BCUT2D eigenvalue weighted by Gasteiger charge is 2.10. The number of benzene rings is 2. The van der Waals surface area contributed by atoms with Gasteiger partial charge in [-0.15, -0.1) is 11.3 Å². The molecule has 27 heavy (non-hydrogen) atoms. The molecule has 1 N–H and O–H groups in total. The van der Waals surface area contributed by atoms with Crippen LogP contribution in [0.2, 0.25) is 0 Å². The summed E-state index contributed by atoms with van der Waals surface area (Å²) in [5.41, 5.74) is 2.25. The summed E-state index contributed by atoms with van der Waals surface area (Å²) in [5.74, 6) is 0.369. The minimum Gasteiger partial charge on any atom is -0.496 e. The number of nitro groups is 1. The number of para-hydroxylation sites is 1.